The monoisotopic (exact) mass is 203 g/mol. The van der Waals surface area contributed by atoms with Crippen LogP contribution in [0.25, 0.3) is 0 Å². The Morgan fingerprint density at radius 2 is 2.20 bits per heavy atom. The van der Waals surface area contributed by atoms with Crippen molar-refractivity contribution in [3.8, 4) is 18.1 Å². The van der Waals surface area contributed by atoms with Crippen molar-refractivity contribution >= 4 is 0 Å². The van der Waals surface area contributed by atoms with Gasteiger partial charge in [-0.25, -0.2) is 0 Å². The van der Waals surface area contributed by atoms with E-state index in [0.717, 1.165) is 24.2 Å². The smallest absolute Gasteiger partial charge is 0.123 e. The summed E-state index contributed by atoms with van der Waals surface area (Å²) >= 11 is 0. The highest BCUT2D eigenvalue weighted by atomic mass is 16.5. The molecule has 0 aliphatic carbocycles. The fourth-order valence-corrected chi connectivity index (χ4v) is 1.64. The van der Waals surface area contributed by atoms with Gasteiger partial charge >= 0.3 is 0 Å². The van der Waals surface area contributed by atoms with E-state index < -0.39 is 0 Å². The van der Waals surface area contributed by atoms with Crippen LogP contribution >= 0.6 is 0 Å². The highest BCUT2D eigenvalue weighted by Crippen LogP contribution is 2.27. The van der Waals surface area contributed by atoms with Crippen LogP contribution in [0.15, 0.2) is 24.3 Å². The molecule has 0 spiro atoms. The minimum absolute atomic E-state index is 0.261. The maximum Gasteiger partial charge on any atom is 0.123 e. The number of rotatable bonds is 5. The Labute approximate surface area is 91.6 Å². The molecule has 1 aromatic carbocycles. The number of nitrogens with one attached hydrogen (secondary N) is 1. The third kappa shape index (κ3) is 3.00. The Hall–Kier alpha value is -1.46. The van der Waals surface area contributed by atoms with Crippen LogP contribution in [-0.4, -0.2) is 14.2 Å². The number of terminal acetylenes is 1. The molecule has 15 heavy (non-hydrogen) atoms. The molecule has 0 aliphatic rings. The summed E-state index contributed by atoms with van der Waals surface area (Å²) in [5.41, 5.74) is 1.16. The molecule has 1 atom stereocenters. The second-order valence-electron chi connectivity index (χ2n) is 3.33. The van der Waals surface area contributed by atoms with E-state index >= 15 is 0 Å². The van der Waals surface area contributed by atoms with E-state index in [0.29, 0.717) is 0 Å². The van der Waals surface area contributed by atoms with Crippen LogP contribution in [0.2, 0.25) is 0 Å². The fraction of sp³-hybridized carbons (Fsp3) is 0.385. The molecule has 1 N–H and O–H groups in total. The highest BCUT2D eigenvalue weighted by molar-refractivity contribution is 5.35. The first-order valence-electron chi connectivity index (χ1n) is 5.07. The molecule has 1 unspecified atom stereocenters. The standard InChI is InChI=1S/C13H17NO/c1-4-5-9-12(14-2)11-8-6-7-10-13(11)15-3/h1,6-8,10,12,14H,5,9H2,2-3H3. The summed E-state index contributed by atoms with van der Waals surface area (Å²) < 4.78 is 5.32. The minimum Gasteiger partial charge on any atom is -0.496 e. The van der Waals surface area contributed by atoms with Crippen LogP contribution in [0.5, 0.6) is 5.75 Å². The number of ether oxygens (including phenoxy) is 1. The first-order chi connectivity index (χ1) is 7.33. The molecule has 0 radical (unpaired) electrons. The van der Waals surface area contributed by atoms with Gasteiger partial charge in [0.05, 0.1) is 7.11 Å². The molecule has 0 fully saturated rings. The van der Waals surface area contributed by atoms with Crippen LogP contribution in [-0.2, 0) is 0 Å². The van der Waals surface area contributed by atoms with E-state index in [1.165, 1.54) is 0 Å². The fourth-order valence-electron chi connectivity index (χ4n) is 1.64. The zero-order valence-electron chi connectivity index (χ0n) is 9.29. The molecule has 0 heterocycles. The van der Waals surface area contributed by atoms with E-state index in [9.17, 15) is 0 Å². The Kier molecular flexibility index (Phi) is 4.73. The SMILES string of the molecule is C#CCCC(NC)c1ccccc1OC. The first-order valence-corrected chi connectivity index (χ1v) is 5.07. The zero-order chi connectivity index (χ0) is 11.1. The lowest BCUT2D eigenvalue weighted by Crippen LogP contribution is -2.16. The van der Waals surface area contributed by atoms with E-state index in [1.54, 1.807) is 7.11 Å². The Morgan fingerprint density at radius 3 is 2.80 bits per heavy atom. The van der Waals surface area contributed by atoms with Gasteiger partial charge in [-0.05, 0) is 19.5 Å². The Bertz CT molecular complexity index is 341. The molecule has 1 aromatic rings. The molecule has 2 nitrogen and oxygen atoms in total. The average Bonchev–Trinajstić information content (AvgIpc) is 2.30. The van der Waals surface area contributed by atoms with E-state index in [-0.39, 0.29) is 6.04 Å². The lowest BCUT2D eigenvalue weighted by Gasteiger charge is -2.18. The van der Waals surface area contributed by atoms with Crippen molar-refractivity contribution in [3.63, 3.8) is 0 Å². The maximum atomic E-state index is 5.32. The van der Waals surface area contributed by atoms with Gasteiger partial charge in [-0.1, -0.05) is 18.2 Å². The summed E-state index contributed by atoms with van der Waals surface area (Å²) in [7, 11) is 3.63. The van der Waals surface area contributed by atoms with Crippen molar-refractivity contribution in [3.05, 3.63) is 29.8 Å². The normalized spacial score (nSPS) is 11.8. The molecule has 0 aliphatic heterocycles. The van der Waals surface area contributed by atoms with Crippen LogP contribution in [0.4, 0.5) is 0 Å². The molecule has 1 rings (SSSR count). The van der Waals surface area contributed by atoms with Crippen molar-refractivity contribution < 1.29 is 4.74 Å². The van der Waals surface area contributed by atoms with Gasteiger partial charge < -0.3 is 10.1 Å². The van der Waals surface area contributed by atoms with Gasteiger partial charge in [-0.2, -0.15) is 0 Å². The number of hydrogen-bond acceptors (Lipinski definition) is 2. The van der Waals surface area contributed by atoms with Gasteiger partial charge in [0, 0.05) is 18.0 Å². The third-order valence-corrected chi connectivity index (χ3v) is 2.44. The second-order valence-corrected chi connectivity index (χ2v) is 3.33. The number of para-hydroxylation sites is 1. The summed E-state index contributed by atoms with van der Waals surface area (Å²) in [6.45, 7) is 0. The van der Waals surface area contributed by atoms with Gasteiger partial charge in [0.1, 0.15) is 5.75 Å². The van der Waals surface area contributed by atoms with Crippen molar-refractivity contribution in [1.29, 1.82) is 0 Å². The summed E-state index contributed by atoms with van der Waals surface area (Å²) in [5, 5.41) is 3.25. The van der Waals surface area contributed by atoms with E-state index in [4.69, 9.17) is 11.2 Å². The molecule has 2 heteroatoms. The Balaban J connectivity index is 2.86. The predicted molar refractivity (Wildman–Crippen MR) is 62.9 cm³/mol. The largest absolute Gasteiger partial charge is 0.496 e. The van der Waals surface area contributed by atoms with E-state index in [1.807, 2.05) is 25.2 Å². The van der Waals surface area contributed by atoms with E-state index in [2.05, 4.69) is 17.3 Å². The maximum absolute atomic E-state index is 5.32. The van der Waals surface area contributed by atoms with Crippen LogP contribution < -0.4 is 10.1 Å². The summed E-state index contributed by atoms with van der Waals surface area (Å²) in [4.78, 5) is 0. The second kappa shape index (κ2) is 6.10. The van der Waals surface area contributed by atoms with Crippen molar-refractivity contribution in [2.45, 2.75) is 18.9 Å². The number of benzene rings is 1. The van der Waals surface area contributed by atoms with Gasteiger partial charge in [0.15, 0.2) is 0 Å². The third-order valence-electron chi connectivity index (χ3n) is 2.44. The quantitative estimate of drug-likeness (QED) is 0.742. The van der Waals surface area contributed by atoms with Crippen molar-refractivity contribution in [1.82, 2.24) is 5.32 Å². The van der Waals surface area contributed by atoms with Crippen molar-refractivity contribution in [2.75, 3.05) is 14.2 Å². The van der Waals surface area contributed by atoms with Gasteiger partial charge in [-0.3, -0.25) is 0 Å². The molecule has 0 bridgehead atoms. The van der Waals surface area contributed by atoms with Crippen molar-refractivity contribution in [2.24, 2.45) is 0 Å². The number of hydrogen-bond donors (Lipinski definition) is 1. The minimum atomic E-state index is 0.261. The van der Waals surface area contributed by atoms with Gasteiger partial charge in [-0.15, -0.1) is 12.3 Å². The predicted octanol–water partition coefficient (Wildman–Crippen LogP) is 2.37. The van der Waals surface area contributed by atoms with Crippen LogP contribution in [0.1, 0.15) is 24.4 Å². The number of methoxy groups -OCH3 is 1. The lowest BCUT2D eigenvalue weighted by molar-refractivity contribution is 0.399. The molecular weight excluding hydrogens is 186 g/mol. The molecule has 0 saturated heterocycles. The average molecular weight is 203 g/mol. The zero-order valence-corrected chi connectivity index (χ0v) is 9.29. The summed E-state index contributed by atoms with van der Waals surface area (Å²) in [6, 6.07) is 8.28. The van der Waals surface area contributed by atoms with Gasteiger partial charge in [0.25, 0.3) is 0 Å². The summed E-state index contributed by atoms with van der Waals surface area (Å²) in [6.07, 6.45) is 6.96. The molecule has 0 saturated carbocycles. The van der Waals surface area contributed by atoms with Crippen LogP contribution in [0, 0.1) is 12.3 Å². The Morgan fingerprint density at radius 1 is 1.47 bits per heavy atom. The molecule has 0 amide bonds. The molecule has 80 valence electrons. The van der Waals surface area contributed by atoms with Gasteiger partial charge in [0.2, 0.25) is 0 Å². The highest BCUT2D eigenvalue weighted by Gasteiger charge is 2.12. The molecular formula is C13H17NO. The summed E-state index contributed by atoms with van der Waals surface area (Å²) in [5.74, 6) is 3.57. The topological polar surface area (TPSA) is 21.3 Å². The first kappa shape index (κ1) is 11.6. The van der Waals surface area contributed by atoms with Crippen LogP contribution in [0.3, 0.4) is 0 Å². The molecule has 0 aromatic heterocycles. The lowest BCUT2D eigenvalue weighted by atomic mass is 10.0.